The largest absolute Gasteiger partial charge is 0.356 e. The van der Waals surface area contributed by atoms with Crippen LogP contribution < -0.4 is 11.1 Å². The highest BCUT2D eigenvalue weighted by atomic mass is 35.5. The molecule has 4 heteroatoms. The van der Waals surface area contributed by atoms with Gasteiger partial charge < -0.3 is 11.1 Å². The van der Waals surface area contributed by atoms with Gasteiger partial charge in [-0.15, -0.1) is 0 Å². The van der Waals surface area contributed by atoms with Gasteiger partial charge in [0, 0.05) is 17.6 Å². The van der Waals surface area contributed by atoms with Gasteiger partial charge in [0.1, 0.15) is 0 Å². The third-order valence-electron chi connectivity index (χ3n) is 5.14. The molecule has 0 saturated heterocycles. The fourth-order valence-corrected chi connectivity index (χ4v) is 4.12. The second kappa shape index (κ2) is 6.37. The van der Waals surface area contributed by atoms with Crippen LogP contribution in [0.1, 0.15) is 31.2 Å². The number of nitrogens with two attached hydrogens (primary N) is 1. The molecule has 2 aliphatic carbocycles. The Kier molecular flexibility index (Phi) is 4.51. The number of carbonyl (C=O) groups excluding carboxylic acids is 1. The van der Waals surface area contributed by atoms with E-state index >= 15 is 0 Å². The van der Waals surface area contributed by atoms with Gasteiger partial charge in [-0.1, -0.05) is 23.7 Å². The Morgan fingerprint density at radius 3 is 2.62 bits per heavy atom. The Bertz CT molecular complexity index is 500. The van der Waals surface area contributed by atoms with Crippen molar-refractivity contribution in [2.24, 2.45) is 23.5 Å². The molecule has 2 fully saturated rings. The summed E-state index contributed by atoms with van der Waals surface area (Å²) >= 11 is 5.86. The third kappa shape index (κ3) is 3.24. The molecular formula is C17H23ClN2O. The lowest BCUT2D eigenvalue weighted by atomic mass is 9.84. The maximum Gasteiger partial charge on any atom is 0.224 e. The van der Waals surface area contributed by atoms with Crippen LogP contribution in [0.25, 0.3) is 0 Å². The van der Waals surface area contributed by atoms with Crippen LogP contribution in [0, 0.1) is 17.8 Å². The summed E-state index contributed by atoms with van der Waals surface area (Å²) in [6, 6.07) is 7.97. The van der Waals surface area contributed by atoms with E-state index in [-0.39, 0.29) is 17.9 Å². The van der Waals surface area contributed by atoms with E-state index in [2.05, 4.69) is 5.32 Å². The summed E-state index contributed by atoms with van der Waals surface area (Å²) in [5.41, 5.74) is 7.46. The highest BCUT2D eigenvalue weighted by Gasteiger charge is 2.48. The monoisotopic (exact) mass is 306 g/mol. The van der Waals surface area contributed by atoms with Crippen LogP contribution >= 0.6 is 11.6 Å². The maximum absolute atomic E-state index is 12.3. The van der Waals surface area contributed by atoms with Gasteiger partial charge in [-0.2, -0.15) is 0 Å². The lowest BCUT2D eigenvalue weighted by Crippen LogP contribution is -2.45. The van der Waals surface area contributed by atoms with Crippen molar-refractivity contribution in [2.75, 3.05) is 6.54 Å². The van der Waals surface area contributed by atoms with Crippen molar-refractivity contribution in [3.8, 4) is 0 Å². The molecule has 0 heterocycles. The van der Waals surface area contributed by atoms with Gasteiger partial charge in [0.25, 0.3) is 0 Å². The van der Waals surface area contributed by atoms with Gasteiger partial charge in [-0.25, -0.2) is 0 Å². The van der Waals surface area contributed by atoms with Crippen molar-refractivity contribution in [2.45, 2.75) is 38.1 Å². The Hall–Kier alpha value is -1.06. The molecule has 3 nitrogen and oxygen atoms in total. The highest BCUT2D eigenvalue weighted by Crippen LogP contribution is 2.47. The topological polar surface area (TPSA) is 55.1 Å². The number of aryl methyl sites for hydroxylation is 1. The molecule has 4 atom stereocenters. The summed E-state index contributed by atoms with van der Waals surface area (Å²) in [5.74, 6) is 1.34. The van der Waals surface area contributed by atoms with Crippen LogP contribution in [0.15, 0.2) is 24.3 Å². The quantitative estimate of drug-likeness (QED) is 0.822. The molecule has 0 spiro atoms. The average Bonchev–Trinajstić information content (AvgIpc) is 3.06. The summed E-state index contributed by atoms with van der Waals surface area (Å²) in [6.45, 7) is 0.724. The zero-order valence-electron chi connectivity index (χ0n) is 12.2. The van der Waals surface area contributed by atoms with E-state index in [9.17, 15) is 4.79 Å². The van der Waals surface area contributed by atoms with Crippen molar-refractivity contribution < 1.29 is 4.79 Å². The fourth-order valence-electron chi connectivity index (χ4n) is 4.00. The number of amides is 1. The Labute approximate surface area is 131 Å². The molecule has 2 bridgehead atoms. The van der Waals surface area contributed by atoms with E-state index in [4.69, 9.17) is 17.3 Å². The SMILES string of the molecule is NC1C2CCC(C2)C1C(=O)NCCCc1ccc(Cl)cc1. The van der Waals surface area contributed by atoms with E-state index in [0.717, 1.165) is 30.8 Å². The Morgan fingerprint density at radius 1 is 1.24 bits per heavy atom. The van der Waals surface area contributed by atoms with E-state index in [1.54, 1.807) is 0 Å². The molecule has 3 rings (SSSR count). The zero-order valence-corrected chi connectivity index (χ0v) is 13.0. The molecule has 3 N–H and O–H groups in total. The van der Waals surface area contributed by atoms with Crippen molar-refractivity contribution in [1.82, 2.24) is 5.32 Å². The Balaban J connectivity index is 1.41. The number of rotatable bonds is 5. The fraction of sp³-hybridized carbons (Fsp3) is 0.588. The van der Waals surface area contributed by atoms with Crippen molar-refractivity contribution in [1.29, 1.82) is 0 Å². The van der Waals surface area contributed by atoms with E-state index in [0.29, 0.717) is 11.8 Å². The van der Waals surface area contributed by atoms with Crippen LogP contribution in [0.3, 0.4) is 0 Å². The molecule has 0 aliphatic heterocycles. The first-order valence-corrected chi connectivity index (χ1v) is 8.30. The van der Waals surface area contributed by atoms with E-state index < -0.39 is 0 Å². The standard InChI is InChI=1S/C17H23ClN2O/c18-14-7-3-11(4-8-14)2-1-9-20-17(21)15-12-5-6-13(10-12)16(15)19/h3-4,7-8,12-13,15-16H,1-2,5-6,9-10,19H2,(H,20,21). The first-order valence-electron chi connectivity index (χ1n) is 7.93. The molecule has 114 valence electrons. The van der Waals surface area contributed by atoms with Gasteiger partial charge in [0.05, 0.1) is 5.92 Å². The highest BCUT2D eigenvalue weighted by molar-refractivity contribution is 6.30. The van der Waals surface area contributed by atoms with Crippen LogP contribution in [-0.2, 0) is 11.2 Å². The normalized spacial score (nSPS) is 30.6. The number of hydrogen-bond donors (Lipinski definition) is 2. The molecule has 4 unspecified atom stereocenters. The van der Waals surface area contributed by atoms with Gasteiger partial charge in [-0.05, 0) is 61.6 Å². The summed E-state index contributed by atoms with van der Waals surface area (Å²) < 4.78 is 0. The molecular weight excluding hydrogens is 284 g/mol. The van der Waals surface area contributed by atoms with Gasteiger partial charge in [0.15, 0.2) is 0 Å². The first-order chi connectivity index (χ1) is 10.1. The number of benzene rings is 1. The maximum atomic E-state index is 12.3. The molecule has 0 radical (unpaired) electrons. The molecule has 21 heavy (non-hydrogen) atoms. The van der Waals surface area contributed by atoms with Gasteiger partial charge in [0.2, 0.25) is 5.91 Å². The molecule has 1 aromatic carbocycles. The van der Waals surface area contributed by atoms with E-state index in [1.165, 1.54) is 18.4 Å². The average molecular weight is 307 g/mol. The minimum atomic E-state index is 0.0549. The van der Waals surface area contributed by atoms with Crippen LogP contribution in [0.4, 0.5) is 0 Å². The molecule has 0 aromatic heterocycles. The summed E-state index contributed by atoms with van der Waals surface area (Å²) in [7, 11) is 0. The molecule has 1 amide bonds. The number of hydrogen-bond acceptors (Lipinski definition) is 2. The first kappa shape index (κ1) is 14.9. The second-order valence-corrected chi connectivity index (χ2v) is 6.89. The number of halogens is 1. The van der Waals surface area contributed by atoms with Crippen molar-refractivity contribution in [3.63, 3.8) is 0 Å². The smallest absolute Gasteiger partial charge is 0.224 e. The predicted molar refractivity (Wildman–Crippen MR) is 85.1 cm³/mol. The van der Waals surface area contributed by atoms with Crippen molar-refractivity contribution >= 4 is 17.5 Å². The number of carbonyl (C=O) groups is 1. The molecule has 1 aromatic rings. The summed E-state index contributed by atoms with van der Waals surface area (Å²) in [4.78, 5) is 12.3. The summed E-state index contributed by atoms with van der Waals surface area (Å²) in [6.07, 6.45) is 5.46. The predicted octanol–water partition coefficient (Wildman–Crippen LogP) is 2.76. The number of fused-ring (bicyclic) bond motifs is 2. The van der Waals surface area contributed by atoms with E-state index in [1.807, 2.05) is 24.3 Å². The van der Waals surface area contributed by atoms with Crippen LogP contribution in [0.2, 0.25) is 5.02 Å². The molecule has 2 saturated carbocycles. The molecule has 2 aliphatic rings. The minimum Gasteiger partial charge on any atom is -0.356 e. The van der Waals surface area contributed by atoms with Crippen LogP contribution in [0.5, 0.6) is 0 Å². The van der Waals surface area contributed by atoms with Gasteiger partial charge >= 0.3 is 0 Å². The van der Waals surface area contributed by atoms with Crippen molar-refractivity contribution in [3.05, 3.63) is 34.9 Å². The zero-order chi connectivity index (χ0) is 14.8. The summed E-state index contributed by atoms with van der Waals surface area (Å²) in [5, 5.41) is 3.84. The second-order valence-electron chi connectivity index (χ2n) is 6.46. The van der Waals surface area contributed by atoms with Gasteiger partial charge in [-0.3, -0.25) is 4.79 Å². The number of nitrogens with one attached hydrogen (secondary N) is 1. The Morgan fingerprint density at radius 2 is 1.95 bits per heavy atom. The minimum absolute atomic E-state index is 0.0549. The van der Waals surface area contributed by atoms with Crippen LogP contribution in [-0.4, -0.2) is 18.5 Å². The lowest BCUT2D eigenvalue weighted by molar-refractivity contribution is -0.127. The third-order valence-corrected chi connectivity index (χ3v) is 5.39. The lowest BCUT2D eigenvalue weighted by Gasteiger charge is -2.27.